The van der Waals surface area contributed by atoms with Gasteiger partial charge in [0.2, 0.25) is 15.9 Å². The normalized spacial score (nSPS) is 19.9. The lowest BCUT2D eigenvalue weighted by atomic mass is 9.99. The maximum atomic E-state index is 11.9. The summed E-state index contributed by atoms with van der Waals surface area (Å²) < 4.78 is 24.3. The highest BCUT2D eigenvalue weighted by Crippen LogP contribution is 2.18. The van der Waals surface area contributed by atoms with Gasteiger partial charge in [-0.3, -0.25) is 15.6 Å². The van der Waals surface area contributed by atoms with E-state index in [4.69, 9.17) is 12.2 Å². The van der Waals surface area contributed by atoms with Gasteiger partial charge in [-0.2, -0.15) is 0 Å². The number of rotatable bonds is 4. The summed E-state index contributed by atoms with van der Waals surface area (Å²) in [4.78, 5) is 11.9. The maximum Gasteiger partial charge on any atom is 0.242 e. The summed E-state index contributed by atoms with van der Waals surface area (Å²) in [6.07, 6.45) is 4.12. The molecule has 0 saturated carbocycles. The predicted molar refractivity (Wildman–Crippen MR) is 81.2 cm³/mol. The molecule has 1 atom stereocenters. The molecule has 0 aromatic heterocycles. The molecule has 1 aliphatic heterocycles. The fourth-order valence-electron chi connectivity index (χ4n) is 1.89. The van der Waals surface area contributed by atoms with Crippen LogP contribution in [0.25, 0.3) is 0 Å². The van der Waals surface area contributed by atoms with Crippen molar-refractivity contribution >= 4 is 33.3 Å². The number of thiocarbonyl (C=S) groups is 1. The number of nitrogens with one attached hydrogen (secondary N) is 3. The van der Waals surface area contributed by atoms with Crippen molar-refractivity contribution in [2.75, 3.05) is 25.9 Å². The molecule has 3 N–H and O–H groups in total. The second-order valence-electron chi connectivity index (χ2n) is 4.57. The molecular formula is C11H20N4O3S2. The highest BCUT2D eigenvalue weighted by atomic mass is 32.2. The second-order valence-corrected chi connectivity index (χ2v) is 6.96. The number of nitrogens with zero attached hydrogens (tertiary/aromatic N) is 1. The number of amides is 1. The van der Waals surface area contributed by atoms with Gasteiger partial charge in [-0.25, -0.2) is 12.7 Å². The Morgan fingerprint density at radius 1 is 1.50 bits per heavy atom. The minimum Gasteiger partial charge on any atom is -0.358 e. The van der Waals surface area contributed by atoms with E-state index in [9.17, 15) is 13.2 Å². The minimum absolute atomic E-state index is 0.208. The summed E-state index contributed by atoms with van der Waals surface area (Å²) >= 11 is 4.93. The first-order valence-electron chi connectivity index (χ1n) is 6.24. The summed E-state index contributed by atoms with van der Waals surface area (Å²) in [5.41, 5.74) is 5.06. The quantitative estimate of drug-likeness (QED) is 0.362. The molecule has 1 amide bonds. The summed E-state index contributed by atoms with van der Waals surface area (Å²) in [5.74, 6) is -0.630. The zero-order valence-electron chi connectivity index (χ0n) is 11.4. The fraction of sp³-hybridized carbons (Fsp3) is 0.636. The van der Waals surface area contributed by atoms with Crippen LogP contribution in [-0.2, 0) is 14.8 Å². The van der Waals surface area contributed by atoms with Gasteiger partial charge in [-0.05, 0) is 25.1 Å². The van der Waals surface area contributed by atoms with Crippen molar-refractivity contribution in [2.45, 2.75) is 12.8 Å². The number of hydrazine groups is 1. The average Bonchev–Trinajstić information content (AvgIpc) is 2.41. The van der Waals surface area contributed by atoms with E-state index < -0.39 is 10.0 Å². The van der Waals surface area contributed by atoms with Gasteiger partial charge in [0.25, 0.3) is 0 Å². The Morgan fingerprint density at radius 2 is 2.20 bits per heavy atom. The first kappa shape index (κ1) is 16.9. The molecule has 20 heavy (non-hydrogen) atoms. The van der Waals surface area contributed by atoms with E-state index in [-0.39, 0.29) is 23.5 Å². The molecule has 1 fully saturated rings. The van der Waals surface area contributed by atoms with Crippen molar-refractivity contribution in [1.82, 2.24) is 20.5 Å². The maximum absolute atomic E-state index is 11.9. The van der Waals surface area contributed by atoms with Crippen LogP contribution in [0, 0.1) is 5.92 Å². The molecule has 1 heterocycles. The van der Waals surface area contributed by atoms with Gasteiger partial charge in [0.15, 0.2) is 5.11 Å². The summed E-state index contributed by atoms with van der Waals surface area (Å²) in [5, 5.41) is 3.09. The Balaban J connectivity index is 2.43. The van der Waals surface area contributed by atoms with Gasteiger partial charge in [0.1, 0.15) is 0 Å². The first-order valence-corrected chi connectivity index (χ1v) is 8.50. The monoisotopic (exact) mass is 320 g/mol. The number of sulfonamides is 1. The third-order valence-electron chi connectivity index (χ3n) is 2.93. The topological polar surface area (TPSA) is 90.5 Å². The molecule has 0 aromatic rings. The number of hydrogen-bond acceptors (Lipinski definition) is 4. The molecule has 0 aliphatic carbocycles. The fourth-order valence-corrected chi connectivity index (χ4v) is 2.93. The lowest BCUT2D eigenvalue weighted by molar-refractivity contribution is -0.126. The molecule has 1 rings (SSSR count). The molecule has 0 radical (unpaired) electrons. The predicted octanol–water partition coefficient (Wildman–Crippen LogP) is -0.661. The van der Waals surface area contributed by atoms with Crippen molar-refractivity contribution < 1.29 is 13.2 Å². The van der Waals surface area contributed by atoms with Gasteiger partial charge in [-0.15, -0.1) is 6.58 Å². The van der Waals surface area contributed by atoms with Crippen molar-refractivity contribution in [2.24, 2.45) is 5.92 Å². The van der Waals surface area contributed by atoms with Crippen LogP contribution in [0.5, 0.6) is 0 Å². The Morgan fingerprint density at radius 3 is 2.80 bits per heavy atom. The molecule has 0 spiro atoms. The molecular weight excluding hydrogens is 300 g/mol. The SMILES string of the molecule is C=CCNC(=S)NNC(=O)[C@@H]1CCCN(S(C)(=O)=O)C1. The molecule has 1 aliphatic rings. The number of hydrogen-bond donors (Lipinski definition) is 3. The van der Waals surface area contributed by atoms with Crippen molar-refractivity contribution in [3.8, 4) is 0 Å². The van der Waals surface area contributed by atoms with Crippen LogP contribution in [-0.4, -0.2) is 49.6 Å². The highest BCUT2D eigenvalue weighted by Gasteiger charge is 2.30. The Labute approximate surface area is 124 Å². The summed E-state index contributed by atoms with van der Waals surface area (Å²) in [7, 11) is -3.25. The summed E-state index contributed by atoms with van der Waals surface area (Å²) in [6, 6.07) is 0. The van der Waals surface area contributed by atoms with E-state index in [0.717, 1.165) is 6.26 Å². The van der Waals surface area contributed by atoms with Crippen molar-refractivity contribution in [3.63, 3.8) is 0 Å². The van der Waals surface area contributed by atoms with Gasteiger partial charge < -0.3 is 5.32 Å². The number of carbonyl (C=O) groups is 1. The van der Waals surface area contributed by atoms with Crippen LogP contribution in [0.4, 0.5) is 0 Å². The van der Waals surface area contributed by atoms with E-state index in [1.54, 1.807) is 6.08 Å². The van der Waals surface area contributed by atoms with Crippen LogP contribution >= 0.6 is 12.2 Å². The van der Waals surface area contributed by atoms with Gasteiger partial charge in [0.05, 0.1) is 12.2 Å². The molecule has 0 bridgehead atoms. The van der Waals surface area contributed by atoms with Crippen molar-refractivity contribution in [1.29, 1.82) is 0 Å². The van der Waals surface area contributed by atoms with Gasteiger partial charge >= 0.3 is 0 Å². The molecule has 0 unspecified atom stereocenters. The molecule has 1 saturated heterocycles. The van der Waals surface area contributed by atoms with Crippen molar-refractivity contribution in [3.05, 3.63) is 12.7 Å². The van der Waals surface area contributed by atoms with Crippen LogP contribution < -0.4 is 16.2 Å². The minimum atomic E-state index is -3.25. The van der Waals surface area contributed by atoms with Crippen LogP contribution in [0.1, 0.15) is 12.8 Å². The lowest BCUT2D eigenvalue weighted by Gasteiger charge is -2.30. The van der Waals surface area contributed by atoms with E-state index >= 15 is 0 Å². The third-order valence-corrected chi connectivity index (χ3v) is 4.45. The van der Waals surface area contributed by atoms with Crippen LogP contribution in [0.3, 0.4) is 0 Å². The van der Waals surface area contributed by atoms with E-state index in [1.807, 2.05) is 0 Å². The smallest absolute Gasteiger partial charge is 0.242 e. The molecule has 114 valence electrons. The molecule has 7 nitrogen and oxygen atoms in total. The second kappa shape index (κ2) is 7.55. The zero-order valence-corrected chi connectivity index (χ0v) is 13.0. The summed E-state index contributed by atoms with van der Waals surface area (Å²) in [6.45, 7) is 4.70. The third kappa shape index (κ3) is 5.43. The largest absolute Gasteiger partial charge is 0.358 e. The van der Waals surface area contributed by atoms with Gasteiger partial charge in [0, 0.05) is 19.6 Å². The number of piperidine rings is 1. The van der Waals surface area contributed by atoms with E-state index in [1.165, 1.54) is 4.31 Å². The first-order chi connectivity index (χ1) is 9.34. The molecule has 0 aromatic carbocycles. The molecule has 9 heteroatoms. The zero-order chi connectivity index (χ0) is 15.2. The number of carbonyl (C=O) groups excluding carboxylic acids is 1. The van der Waals surface area contributed by atoms with Crippen LogP contribution in [0.15, 0.2) is 12.7 Å². The Bertz CT molecular complexity index is 478. The Hall–Kier alpha value is -1.19. The highest BCUT2D eigenvalue weighted by molar-refractivity contribution is 7.88. The average molecular weight is 320 g/mol. The van der Waals surface area contributed by atoms with E-state index in [2.05, 4.69) is 22.7 Å². The lowest BCUT2D eigenvalue weighted by Crippen LogP contribution is -2.51. The van der Waals surface area contributed by atoms with Gasteiger partial charge in [-0.1, -0.05) is 6.08 Å². The van der Waals surface area contributed by atoms with E-state index in [0.29, 0.717) is 25.9 Å². The van der Waals surface area contributed by atoms with Crippen LogP contribution in [0.2, 0.25) is 0 Å². The Kier molecular flexibility index (Phi) is 6.37. The standard InChI is InChI=1S/C11H20N4O3S2/c1-3-6-12-11(19)14-13-10(16)9-5-4-7-15(8-9)20(2,17)18/h3,9H,1,4-8H2,2H3,(H,13,16)(H2,12,14,19)/t9-/m1/s1.